The molecule has 0 spiro atoms. The van der Waals surface area contributed by atoms with E-state index in [1.807, 2.05) is 78.9 Å². The second kappa shape index (κ2) is 41.9. The predicted octanol–water partition coefficient (Wildman–Crippen LogP) is 14.0. The largest absolute Gasteiger partial charge is 0.497 e. The number of carbonyl (C=O) groups is 3. The predicted molar refractivity (Wildman–Crippen MR) is 472 cm³/mol. The number of nitrogens with zero attached hydrogens (tertiary/aromatic N) is 10. The van der Waals surface area contributed by atoms with E-state index < -0.39 is 78.1 Å². The van der Waals surface area contributed by atoms with Crippen molar-refractivity contribution in [1.29, 1.82) is 0 Å². The number of benzene rings is 10. The Labute approximate surface area is 738 Å². The number of carbonyl (C=O) groups excluding carboxylic acids is 3. The number of anilines is 3. The molecule has 2 aliphatic heterocycles. The molecular weight excluding hydrogens is 1690 g/mol. The minimum Gasteiger partial charge on any atom is -0.497 e. The molecule has 0 radical (unpaired) electrons. The van der Waals surface area contributed by atoms with Gasteiger partial charge in [-0.2, -0.15) is 9.97 Å². The molecule has 0 saturated carbocycles. The van der Waals surface area contributed by atoms with Crippen LogP contribution in [0.4, 0.5) is 55.3 Å². The zero-order valence-corrected chi connectivity index (χ0v) is 69.7. The molecule has 11 aromatic rings. The fourth-order valence-corrected chi connectivity index (χ4v) is 14.7. The van der Waals surface area contributed by atoms with Crippen molar-refractivity contribution in [3.8, 4) is 45.6 Å². The van der Waals surface area contributed by atoms with E-state index in [4.69, 9.17) is 57.0 Å². The van der Waals surface area contributed by atoms with Gasteiger partial charge in [0.25, 0.3) is 28.4 Å². The minimum absolute atomic E-state index is 0.00305. The number of non-ortho nitro benzene ring substituents is 4. The average molecular weight is 1770 g/mol. The first-order valence-corrected chi connectivity index (χ1v) is 40.8. The number of methoxy groups -OCH3 is 2. The van der Waals surface area contributed by atoms with Gasteiger partial charge in [0, 0.05) is 129 Å². The van der Waals surface area contributed by atoms with Crippen molar-refractivity contribution in [1.82, 2.24) is 30.2 Å². The molecule has 4 amide bonds. The summed E-state index contributed by atoms with van der Waals surface area (Å²) in [6, 6.07) is 57.5. The topological polar surface area (TPSA) is 495 Å². The highest BCUT2D eigenvalue weighted by molar-refractivity contribution is 6.09. The lowest BCUT2D eigenvalue weighted by atomic mass is 9.80. The number of nitro benzene ring substituents is 5. The number of amides is 4. The van der Waals surface area contributed by atoms with Crippen LogP contribution in [0.2, 0.25) is 0 Å². The van der Waals surface area contributed by atoms with Crippen LogP contribution < -0.4 is 50.5 Å². The van der Waals surface area contributed by atoms with Gasteiger partial charge in [-0.1, -0.05) is 97.1 Å². The number of ether oxygens (including phenoxy) is 9. The fraction of sp³-hybridized carbons (Fsp3) is 0.242. The number of esters is 1. The van der Waals surface area contributed by atoms with Crippen LogP contribution in [0.25, 0.3) is 44.6 Å². The highest BCUT2D eigenvalue weighted by Gasteiger charge is 2.43. The number of hydrogen-bond acceptors (Lipinski definition) is 29. The van der Waals surface area contributed by atoms with Gasteiger partial charge in [-0.3, -0.25) is 64.8 Å². The Kier molecular flexibility index (Phi) is 29.1. The number of aromatic nitrogens is 4. The number of aliphatic hydroxyl groups is 1. The monoisotopic (exact) mass is 1770 g/mol. The summed E-state index contributed by atoms with van der Waals surface area (Å²) in [6.07, 6.45) is -0.955. The van der Waals surface area contributed by atoms with Crippen molar-refractivity contribution in [2.75, 3.05) is 109 Å². The number of aliphatic hydroxyl groups excluding tert-OH is 1. The van der Waals surface area contributed by atoms with Crippen molar-refractivity contribution in [3.05, 3.63) is 331 Å². The van der Waals surface area contributed by atoms with Crippen LogP contribution in [0.1, 0.15) is 56.4 Å². The van der Waals surface area contributed by atoms with Gasteiger partial charge < -0.3 is 73.4 Å². The molecule has 4 heterocycles. The van der Waals surface area contributed by atoms with Gasteiger partial charge in [-0.15, -0.1) is 0 Å². The lowest BCUT2D eigenvalue weighted by molar-refractivity contribution is -0.393. The van der Waals surface area contributed by atoms with Crippen LogP contribution in [-0.2, 0) is 48.5 Å². The summed E-state index contributed by atoms with van der Waals surface area (Å²) in [6.45, 7) is -1.07. The molecule has 9 aromatic carbocycles. The Morgan fingerprint density at radius 1 is 0.569 bits per heavy atom. The van der Waals surface area contributed by atoms with Gasteiger partial charge in [0.1, 0.15) is 52.2 Å². The zero-order chi connectivity index (χ0) is 91.4. The third kappa shape index (κ3) is 21.7. The van der Waals surface area contributed by atoms with Crippen molar-refractivity contribution in [3.63, 3.8) is 0 Å². The Morgan fingerprint density at radius 2 is 1.14 bits per heavy atom. The SMILES string of the molecule is COc1ccc(C(OC[C@H]2O[C@@H](n3cnc4c(OCCc5ccc([N+](=O)[O-])cc5)nc(N(CCNc5ccc([N+](=O)[O-])cc5[N+](=O)[O-])C(=O)NCCOCCOCCNC(=O)Nc5ccc(-c6c7ccc(=O)cc-7oc7cc(OCCc8ccc([N+](=O)[O-])cc8)ccc67)c(C(=O)OCCc6ccc([N+](=O)[O-])cc6)c5)nc43)C[C@@H]2O)(c2ccccc2)c2ccc(OC)cc2)cc1. The van der Waals surface area contributed by atoms with Gasteiger partial charge in [0.15, 0.2) is 16.6 Å². The Balaban J connectivity index is 0.650. The van der Waals surface area contributed by atoms with Crippen LogP contribution in [0.15, 0.2) is 240 Å². The minimum atomic E-state index is -1.30. The summed E-state index contributed by atoms with van der Waals surface area (Å²) >= 11 is 0. The lowest BCUT2D eigenvalue weighted by Crippen LogP contribution is -2.44. The van der Waals surface area contributed by atoms with Crippen LogP contribution in [-0.4, -0.2) is 173 Å². The molecule has 130 heavy (non-hydrogen) atoms. The number of nitrogens with one attached hydrogen (secondary N) is 4. The number of fused-ring (bicyclic) bond motifs is 3. The highest BCUT2D eigenvalue weighted by Crippen LogP contribution is 2.46. The maximum Gasteiger partial charge on any atom is 0.338 e. The average Bonchev–Trinajstić information content (AvgIpc) is 0.867. The van der Waals surface area contributed by atoms with Gasteiger partial charge in [0.05, 0.1) is 116 Å². The van der Waals surface area contributed by atoms with Crippen molar-refractivity contribution >= 4 is 85.9 Å². The summed E-state index contributed by atoms with van der Waals surface area (Å²) in [4.78, 5) is 126. The molecule has 1 fully saturated rings. The molecule has 3 aliphatic rings. The first kappa shape index (κ1) is 90.3. The first-order chi connectivity index (χ1) is 63.0. The molecule has 14 rings (SSSR count). The van der Waals surface area contributed by atoms with Crippen molar-refractivity contribution in [2.24, 2.45) is 0 Å². The van der Waals surface area contributed by atoms with E-state index in [0.29, 0.717) is 56.9 Å². The lowest BCUT2D eigenvalue weighted by Gasteiger charge is -2.37. The molecule has 1 saturated heterocycles. The van der Waals surface area contributed by atoms with E-state index in [1.165, 1.54) is 60.9 Å². The Bertz CT molecular complexity index is 6240. The molecule has 39 nitrogen and oxygen atoms in total. The molecule has 0 unspecified atom stereocenters. The van der Waals surface area contributed by atoms with E-state index in [0.717, 1.165) is 45.4 Å². The van der Waals surface area contributed by atoms with Gasteiger partial charge in [-0.25, -0.2) is 19.4 Å². The standard InChI is InChI=1S/C91H84N14O25/c1-121-69-27-14-61(15-28-69)91(60-6-4-3-5-7-60,62-16-29-70(122-2)30-17-62)128-55-81-78(107)54-82(130-81)100-56-95-84-85(100)97-88(98-86(84)126-44-37-58-10-21-65(22-11-58)102(113)114)99(42-39-92-76-35-25-67(104(117)118)51-77(76)105(119)120)90(110)94-41-47-124-49-48-123-46-40-93-89(109)96-63-18-32-72(75(50-63)87(108)127-45-38-59-12-23-66(24-13-59)103(115)116)83-73-33-26-68(106)52-79(73)129-80-53-71(31-34-74(80)83)125-43-36-57-8-19-64(20-9-57)101(111)112/h3-35,50-53,56,78,81-82,92,107H,36-49,54-55H2,1-2H3,(H,94,110)(H2,93,96,109)/t78-,81+,82+/m0/s1. The van der Waals surface area contributed by atoms with Crippen molar-refractivity contribution < 1.29 is 91.2 Å². The smallest absolute Gasteiger partial charge is 0.338 e. The number of hydrogen-bond donors (Lipinski definition) is 5. The molecular formula is C91H84N14O25. The Hall–Kier alpha value is -16.0. The molecule has 668 valence electrons. The number of nitro groups is 5. The summed E-state index contributed by atoms with van der Waals surface area (Å²) < 4.78 is 62.8. The summed E-state index contributed by atoms with van der Waals surface area (Å²) in [5.74, 6) is 0.548. The normalized spacial score (nSPS) is 13.6. The molecule has 1 aliphatic carbocycles. The number of urea groups is 2. The maximum absolute atomic E-state index is 14.8. The quantitative estimate of drug-likeness (QED) is 0.00592. The summed E-state index contributed by atoms with van der Waals surface area (Å²) in [5, 5.41) is 81.9. The maximum atomic E-state index is 14.8. The molecule has 0 bridgehead atoms. The van der Waals surface area contributed by atoms with Crippen LogP contribution in [0.5, 0.6) is 23.1 Å². The van der Waals surface area contributed by atoms with E-state index >= 15 is 0 Å². The van der Waals surface area contributed by atoms with Crippen LogP contribution in [0, 0.1) is 50.6 Å². The summed E-state index contributed by atoms with van der Waals surface area (Å²) in [7, 11) is 3.13. The summed E-state index contributed by atoms with van der Waals surface area (Å²) in [5.41, 5.74) is 2.88. The second-order valence-corrected chi connectivity index (χ2v) is 29.4. The van der Waals surface area contributed by atoms with E-state index in [2.05, 4.69) is 26.3 Å². The van der Waals surface area contributed by atoms with Gasteiger partial charge >= 0.3 is 18.0 Å². The van der Waals surface area contributed by atoms with Gasteiger partial charge in [0.2, 0.25) is 11.8 Å². The van der Waals surface area contributed by atoms with E-state index in [9.17, 15) is 74.9 Å². The van der Waals surface area contributed by atoms with Crippen LogP contribution in [0.3, 0.4) is 0 Å². The molecule has 39 heteroatoms. The Morgan fingerprint density at radius 3 is 1.74 bits per heavy atom. The van der Waals surface area contributed by atoms with Crippen molar-refractivity contribution in [2.45, 2.75) is 49.7 Å². The molecule has 3 atom stereocenters. The third-order valence-corrected chi connectivity index (χ3v) is 21.3. The van der Waals surface area contributed by atoms with Crippen LogP contribution >= 0.6 is 0 Å². The molecule has 5 N–H and O–H groups in total. The first-order valence-electron chi connectivity index (χ1n) is 40.8. The zero-order valence-electron chi connectivity index (χ0n) is 69.7. The molecule has 2 aromatic heterocycles. The number of rotatable bonds is 42. The van der Waals surface area contributed by atoms with E-state index in [-0.39, 0.29) is 172 Å². The third-order valence-electron chi connectivity index (χ3n) is 21.3. The second-order valence-electron chi connectivity index (χ2n) is 29.4. The number of imidazole rings is 1. The highest BCUT2D eigenvalue weighted by atomic mass is 16.6. The van der Waals surface area contributed by atoms with E-state index in [1.54, 1.807) is 91.6 Å². The fourth-order valence-electron chi connectivity index (χ4n) is 14.7. The van der Waals surface area contributed by atoms with Gasteiger partial charge in [-0.05, 0) is 106 Å².